The van der Waals surface area contributed by atoms with Gasteiger partial charge in [0, 0.05) is 30.2 Å². The van der Waals surface area contributed by atoms with Crippen molar-refractivity contribution in [3.05, 3.63) is 30.5 Å². The molecule has 0 aliphatic heterocycles. The summed E-state index contributed by atoms with van der Waals surface area (Å²) in [5, 5.41) is 7.47. The van der Waals surface area contributed by atoms with Crippen LogP contribution in [0.15, 0.2) is 30.5 Å². The molecule has 7 heteroatoms. The van der Waals surface area contributed by atoms with E-state index in [1.807, 2.05) is 24.3 Å². The van der Waals surface area contributed by atoms with Crippen molar-refractivity contribution in [1.29, 1.82) is 0 Å². The molecule has 2 aromatic rings. The van der Waals surface area contributed by atoms with E-state index in [0.29, 0.717) is 19.5 Å². The number of aromatic nitrogens is 1. The summed E-state index contributed by atoms with van der Waals surface area (Å²) in [6, 6.07) is 7.66. The molecule has 7 nitrogen and oxygen atoms in total. The van der Waals surface area contributed by atoms with Crippen molar-refractivity contribution >= 4 is 22.5 Å². The zero-order valence-electron chi connectivity index (χ0n) is 16.9. The minimum atomic E-state index is -0.448. The van der Waals surface area contributed by atoms with Gasteiger partial charge in [0.05, 0.1) is 24.4 Å². The van der Waals surface area contributed by atoms with E-state index in [2.05, 4.69) is 22.5 Å². The highest BCUT2D eigenvalue weighted by atomic mass is 16.5. The van der Waals surface area contributed by atoms with Crippen LogP contribution in [-0.2, 0) is 4.79 Å². The van der Waals surface area contributed by atoms with E-state index < -0.39 is 6.04 Å². The van der Waals surface area contributed by atoms with Gasteiger partial charge in [-0.1, -0.05) is 12.5 Å². The third kappa shape index (κ3) is 6.65. The highest BCUT2D eigenvalue weighted by molar-refractivity contribution is 5.91. The first-order valence-corrected chi connectivity index (χ1v) is 9.97. The van der Waals surface area contributed by atoms with Crippen LogP contribution < -0.4 is 26.8 Å². The Morgan fingerprint density at radius 1 is 1.25 bits per heavy atom. The van der Waals surface area contributed by atoms with Gasteiger partial charge in [-0.05, 0) is 51.3 Å². The lowest BCUT2D eigenvalue weighted by molar-refractivity contribution is -0.122. The summed E-state index contributed by atoms with van der Waals surface area (Å²) >= 11 is 0. The number of carbonyl (C=O) groups excluding carboxylic acids is 1. The van der Waals surface area contributed by atoms with Gasteiger partial charge in [0.1, 0.15) is 5.75 Å². The molecule has 1 heterocycles. The molecule has 0 bridgehead atoms. The molecule has 0 saturated carbocycles. The van der Waals surface area contributed by atoms with Gasteiger partial charge in [-0.15, -0.1) is 0 Å². The summed E-state index contributed by atoms with van der Waals surface area (Å²) < 4.78 is 5.39. The van der Waals surface area contributed by atoms with E-state index in [1.54, 1.807) is 13.3 Å². The molecule has 1 aromatic heterocycles. The van der Waals surface area contributed by atoms with Crippen molar-refractivity contribution < 1.29 is 9.53 Å². The summed E-state index contributed by atoms with van der Waals surface area (Å²) in [6.07, 6.45) is 6.03. The fourth-order valence-electron chi connectivity index (χ4n) is 3.12. The second-order valence-electron chi connectivity index (χ2n) is 7.12. The van der Waals surface area contributed by atoms with Gasteiger partial charge in [-0.25, -0.2) is 0 Å². The maximum atomic E-state index is 12.0. The standard InChI is InChI=1S/C21H33N5O2/c1-15(7-5-12-25-21(27)18(23)9-3-4-10-22)26-19-14-17(28-2)13-16-8-6-11-24-20(16)19/h6,8,11,13-15,18,26H,3-5,7,9-10,12,22-23H2,1-2H3,(H,25,27). The number of unbranched alkanes of at least 4 members (excludes halogenated alkanes) is 1. The third-order valence-electron chi connectivity index (χ3n) is 4.74. The minimum Gasteiger partial charge on any atom is -0.497 e. The van der Waals surface area contributed by atoms with Gasteiger partial charge >= 0.3 is 0 Å². The summed E-state index contributed by atoms with van der Waals surface area (Å²) in [4.78, 5) is 16.5. The number of carbonyl (C=O) groups is 1. The van der Waals surface area contributed by atoms with Crippen LogP contribution in [0, 0.1) is 0 Å². The SMILES string of the molecule is COc1cc(NC(C)CCCNC(=O)C(N)CCCCN)c2ncccc2c1. The van der Waals surface area contributed by atoms with Crippen molar-refractivity contribution in [1.82, 2.24) is 10.3 Å². The number of benzene rings is 1. The Hall–Kier alpha value is -2.38. The van der Waals surface area contributed by atoms with Crippen LogP contribution in [0.5, 0.6) is 5.75 Å². The Morgan fingerprint density at radius 2 is 2.07 bits per heavy atom. The lowest BCUT2D eigenvalue weighted by atomic mass is 10.1. The lowest BCUT2D eigenvalue weighted by Gasteiger charge is -2.18. The van der Waals surface area contributed by atoms with E-state index in [9.17, 15) is 4.79 Å². The van der Waals surface area contributed by atoms with Crippen molar-refractivity contribution in [3.8, 4) is 5.75 Å². The maximum absolute atomic E-state index is 12.0. The molecule has 0 aliphatic rings. The molecule has 0 aliphatic carbocycles. The van der Waals surface area contributed by atoms with Gasteiger partial charge in [-0.3, -0.25) is 9.78 Å². The van der Waals surface area contributed by atoms with E-state index in [0.717, 1.165) is 48.0 Å². The number of anilines is 1. The second kappa shape index (κ2) is 11.5. The number of hydrogen-bond donors (Lipinski definition) is 4. The molecule has 2 rings (SSSR count). The topological polar surface area (TPSA) is 115 Å². The molecular formula is C21H33N5O2. The first-order valence-electron chi connectivity index (χ1n) is 9.97. The predicted octanol–water partition coefficient (Wildman–Crippen LogP) is 2.40. The van der Waals surface area contributed by atoms with E-state index in [4.69, 9.17) is 16.2 Å². The Labute approximate surface area is 167 Å². The van der Waals surface area contributed by atoms with E-state index in [1.165, 1.54) is 0 Å². The van der Waals surface area contributed by atoms with Crippen LogP contribution in [0.2, 0.25) is 0 Å². The Balaban J connectivity index is 1.79. The van der Waals surface area contributed by atoms with Crippen LogP contribution in [0.3, 0.4) is 0 Å². The summed E-state index contributed by atoms with van der Waals surface area (Å²) in [7, 11) is 1.66. The largest absolute Gasteiger partial charge is 0.497 e. The smallest absolute Gasteiger partial charge is 0.236 e. The molecule has 1 amide bonds. The molecule has 0 spiro atoms. The highest BCUT2D eigenvalue weighted by Crippen LogP contribution is 2.28. The Morgan fingerprint density at radius 3 is 2.82 bits per heavy atom. The first-order chi connectivity index (χ1) is 13.5. The normalized spacial score (nSPS) is 13.1. The number of ether oxygens (including phenoxy) is 1. The summed E-state index contributed by atoms with van der Waals surface area (Å²) in [5.74, 6) is 0.715. The zero-order valence-corrected chi connectivity index (χ0v) is 16.9. The summed E-state index contributed by atoms with van der Waals surface area (Å²) in [5.41, 5.74) is 13.2. The Bertz CT molecular complexity index is 753. The van der Waals surface area contributed by atoms with Crippen LogP contribution in [0.4, 0.5) is 5.69 Å². The molecule has 28 heavy (non-hydrogen) atoms. The number of hydrogen-bond acceptors (Lipinski definition) is 6. The van der Waals surface area contributed by atoms with Gasteiger partial charge in [0.2, 0.25) is 5.91 Å². The number of pyridine rings is 1. The Kier molecular flexibility index (Phi) is 8.97. The monoisotopic (exact) mass is 387 g/mol. The van der Waals surface area contributed by atoms with Gasteiger partial charge < -0.3 is 26.8 Å². The number of nitrogens with zero attached hydrogens (tertiary/aromatic N) is 1. The van der Waals surface area contributed by atoms with Crippen LogP contribution >= 0.6 is 0 Å². The molecule has 0 fully saturated rings. The molecular weight excluding hydrogens is 354 g/mol. The van der Waals surface area contributed by atoms with Crippen LogP contribution in [-0.4, -0.2) is 43.2 Å². The second-order valence-corrected chi connectivity index (χ2v) is 7.12. The minimum absolute atomic E-state index is 0.0828. The fraction of sp³-hybridized carbons (Fsp3) is 0.524. The quantitative estimate of drug-likeness (QED) is 0.416. The number of nitrogens with one attached hydrogen (secondary N) is 2. The molecule has 0 saturated heterocycles. The molecule has 6 N–H and O–H groups in total. The number of rotatable bonds is 12. The third-order valence-corrected chi connectivity index (χ3v) is 4.74. The molecule has 2 atom stereocenters. The van der Waals surface area contributed by atoms with Crippen LogP contribution in [0.25, 0.3) is 10.9 Å². The fourth-order valence-corrected chi connectivity index (χ4v) is 3.12. The number of fused-ring (bicyclic) bond motifs is 1. The highest BCUT2D eigenvalue weighted by Gasteiger charge is 2.13. The number of amides is 1. The summed E-state index contributed by atoms with van der Waals surface area (Å²) in [6.45, 7) is 3.37. The van der Waals surface area contributed by atoms with Crippen LogP contribution in [0.1, 0.15) is 39.0 Å². The van der Waals surface area contributed by atoms with Gasteiger partial charge in [0.15, 0.2) is 0 Å². The maximum Gasteiger partial charge on any atom is 0.236 e. The van der Waals surface area contributed by atoms with Crippen molar-refractivity contribution in [3.63, 3.8) is 0 Å². The van der Waals surface area contributed by atoms with Crippen molar-refractivity contribution in [2.45, 2.75) is 51.1 Å². The van der Waals surface area contributed by atoms with Gasteiger partial charge in [-0.2, -0.15) is 0 Å². The molecule has 2 unspecified atom stereocenters. The van der Waals surface area contributed by atoms with E-state index in [-0.39, 0.29) is 11.9 Å². The average Bonchev–Trinajstić information content (AvgIpc) is 2.70. The van der Waals surface area contributed by atoms with Crippen molar-refractivity contribution in [2.24, 2.45) is 11.5 Å². The molecule has 1 aromatic carbocycles. The number of nitrogens with two attached hydrogens (primary N) is 2. The molecule has 154 valence electrons. The van der Waals surface area contributed by atoms with Gasteiger partial charge in [0.25, 0.3) is 0 Å². The van der Waals surface area contributed by atoms with Crippen molar-refractivity contribution in [2.75, 3.05) is 25.5 Å². The first kappa shape index (κ1) is 21.9. The van der Waals surface area contributed by atoms with E-state index >= 15 is 0 Å². The lowest BCUT2D eigenvalue weighted by Crippen LogP contribution is -2.41. The molecule has 0 radical (unpaired) electrons. The average molecular weight is 388 g/mol. The zero-order chi connectivity index (χ0) is 20.4. The number of methoxy groups -OCH3 is 1. The predicted molar refractivity (Wildman–Crippen MR) is 115 cm³/mol.